The summed E-state index contributed by atoms with van der Waals surface area (Å²) in [5, 5.41) is 35.9. The highest BCUT2D eigenvalue weighted by Gasteiger charge is 2.34. The van der Waals surface area contributed by atoms with Crippen molar-refractivity contribution in [3.05, 3.63) is 36.4 Å². The first-order valence-electron chi connectivity index (χ1n) is 19.3. The lowest BCUT2D eigenvalue weighted by molar-refractivity contribution is -0.143. The molecule has 0 saturated heterocycles. The molecule has 57 heavy (non-hydrogen) atoms. The van der Waals surface area contributed by atoms with Gasteiger partial charge in [0.15, 0.2) is 0 Å². The van der Waals surface area contributed by atoms with Gasteiger partial charge in [-0.1, -0.05) is 27.7 Å². The Hall–Kier alpha value is -5.37. The molecule has 0 saturated carbocycles. The Bertz CT molecular complexity index is 1570. The maximum atomic E-state index is 13.6. The molecule has 20 heteroatoms. The monoisotopic (exact) mass is 803 g/mol. The van der Waals surface area contributed by atoms with E-state index in [1.54, 1.807) is 26.4 Å². The quantitative estimate of drug-likeness (QED) is 0.0481. The summed E-state index contributed by atoms with van der Waals surface area (Å²) in [4.78, 5) is 103. The molecule has 0 aliphatic rings. The number of nitrogens with one attached hydrogen (secondary N) is 8. The van der Waals surface area contributed by atoms with Gasteiger partial charge in [0, 0.05) is 62.6 Å². The third-order valence-electron chi connectivity index (χ3n) is 8.97. The lowest BCUT2D eigenvalue weighted by Crippen LogP contribution is -2.61. The Balaban J connectivity index is 1.90. The van der Waals surface area contributed by atoms with E-state index < -0.39 is 65.9 Å². The zero-order valence-electron chi connectivity index (χ0n) is 33.4. The van der Waals surface area contributed by atoms with Gasteiger partial charge >= 0.3 is 5.97 Å². The molecule has 6 amide bonds. The van der Waals surface area contributed by atoms with E-state index in [9.17, 15) is 43.8 Å². The molecule has 2 heterocycles. The maximum Gasteiger partial charge on any atom is 0.326 e. The molecule has 0 bridgehead atoms. The molecule has 2 rings (SSSR count). The summed E-state index contributed by atoms with van der Waals surface area (Å²) in [5.74, 6) is -5.11. The van der Waals surface area contributed by atoms with Gasteiger partial charge in [0.05, 0.1) is 24.8 Å². The maximum absolute atomic E-state index is 13.6. The number of rotatable bonds is 27. The van der Waals surface area contributed by atoms with Crippen LogP contribution in [0.3, 0.4) is 0 Å². The van der Waals surface area contributed by atoms with Crippen LogP contribution in [0.1, 0.15) is 91.0 Å². The molecule has 12 N–H and O–H groups in total. The van der Waals surface area contributed by atoms with Gasteiger partial charge < -0.3 is 57.8 Å². The molecule has 20 nitrogen and oxygen atoms in total. The van der Waals surface area contributed by atoms with Crippen molar-refractivity contribution in [3.8, 4) is 0 Å². The average Bonchev–Trinajstić information content (AvgIpc) is 3.86. The molecule has 0 aromatic carbocycles. The number of carbonyl (C=O) groups is 7. The van der Waals surface area contributed by atoms with Gasteiger partial charge in [0.2, 0.25) is 35.4 Å². The Morgan fingerprint density at radius 1 is 0.702 bits per heavy atom. The molecule has 318 valence electrons. The summed E-state index contributed by atoms with van der Waals surface area (Å²) < 4.78 is 0. The van der Waals surface area contributed by atoms with Gasteiger partial charge in [-0.2, -0.15) is 0 Å². The van der Waals surface area contributed by atoms with E-state index in [0.29, 0.717) is 37.9 Å². The lowest BCUT2D eigenvalue weighted by atomic mass is 10.0. The van der Waals surface area contributed by atoms with E-state index in [1.165, 1.54) is 19.4 Å². The van der Waals surface area contributed by atoms with Crippen molar-refractivity contribution in [1.82, 2.24) is 51.8 Å². The molecule has 0 spiro atoms. The molecule has 0 aliphatic heterocycles. The van der Waals surface area contributed by atoms with Crippen LogP contribution in [0.15, 0.2) is 25.0 Å². The van der Waals surface area contributed by atoms with Crippen molar-refractivity contribution in [2.75, 3.05) is 13.1 Å². The zero-order chi connectivity index (χ0) is 42.5. The van der Waals surface area contributed by atoms with Crippen molar-refractivity contribution in [2.24, 2.45) is 17.6 Å². The summed E-state index contributed by atoms with van der Waals surface area (Å²) >= 11 is 0. The predicted octanol–water partition coefficient (Wildman–Crippen LogP) is -1.07. The van der Waals surface area contributed by atoms with Crippen molar-refractivity contribution >= 4 is 41.4 Å². The Kier molecular flexibility index (Phi) is 21.0. The Morgan fingerprint density at radius 3 is 1.81 bits per heavy atom. The number of nitrogens with two attached hydrogens (primary N) is 1. The number of aliphatic hydroxyl groups is 1. The van der Waals surface area contributed by atoms with Crippen LogP contribution in [0, 0.1) is 11.8 Å². The number of aliphatic carboxylic acids is 1. The Morgan fingerprint density at radius 2 is 1.26 bits per heavy atom. The number of hydrogen-bond acceptors (Lipinski definition) is 11. The standard InChI is InChI=1S/C37H61N11O9/c1-21(2)15-27(46-33(52)28(16-25-18-40-20-44-25)47-35(54)31(38)22(3)4)34(53)48-32(23(5)49)36(55)45-26(37(56)57)9-6-7-13-41-29(50)10-8-11-30(51)42-14-12-24-17-39-19-43-24/h17-23,26-28,31-32,49H,6-16,38H2,1-5H3,(H,39,43)(H,40,44)(H,41,50)(H,42,51)(H,45,55)(H,46,52)(H,47,54)(H,48,53)(H,56,57). The number of H-pyrrole nitrogens is 2. The van der Waals surface area contributed by atoms with Gasteiger partial charge in [-0.05, 0) is 50.9 Å². The number of carboxylic acids is 1. The highest BCUT2D eigenvalue weighted by molar-refractivity contribution is 5.95. The number of aromatic nitrogens is 4. The summed E-state index contributed by atoms with van der Waals surface area (Å²) in [7, 11) is 0. The number of aliphatic hydroxyl groups excluding tert-OH is 1. The third kappa shape index (κ3) is 18.4. The minimum absolute atomic E-state index is 0.00786. The first-order chi connectivity index (χ1) is 27.0. The molecular weight excluding hydrogens is 742 g/mol. The largest absolute Gasteiger partial charge is 0.480 e. The molecule has 0 radical (unpaired) electrons. The minimum Gasteiger partial charge on any atom is -0.480 e. The summed E-state index contributed by atoms with van der Waals surface area (Å²) in [6, 6.07) is -6.19. The van der Waals surface area contributed by atoms with Crippen LogP contribution in [0.25, 0.3) is 0 Å². The van der Waals surface area contributed by atoms with E-state index in [-0.39, 0.29) is 62.3 Å². The molecule has 2 aromatic rings. The summed E-state index contributed by atoms with van der Waals surface area (Å²) in [5.41, 5.74) is 7.44. The normalized spacial score (nSPS) is 14.4. The van der Waals surface area contributed by atoms with Crippen LogP contribution in [0.4, 0.5) is 0 Å². The highest BCUT2D eigenvalue weighted by atomic mass is 16.4. The number of imidazole rings is 2. The number of amides is 6. The van der Waals surface area contributed by atoms with E-state index in [2.05, 4.69) is 51.8 Å². The second-order valence-corrected chi connectivity index (χ2v) is 14.8. The van der Waals surface area contributed by atoms with Crippen molar-refractivity contribution in [3.63, 3.8) is 0 Å². The molecular formula is C37H61N11O9. The number of hydrogen-bond donors (Lipinski definition) is 11. The van der Waals surface area contributed by atoms with Crippen LogP contribution in [-0.2, 0) is 46.4 Å². The third-order valence-corrected chi connectivity index (χ3v) is 8.97. The van der Waals surface area contributed by atoms with Crippen LogP contribution < -0.4 is 37.6 Å². The molecule has 0 fully saturated rings. The highest BCUT2D eigenvalue weighted by Crippen LogP contribution is 2.10. The molecule has 2 aromatic heterocycles. The van der Waals surface area contributed by atoms with Gasteiger partial charge in [-0.25, -0.2) is 14.8 Å². The second kappa shape index (κ2) is 25.0. The fourth-order valence-electron chi connectivity index (χ4n) is 5.59. The fraction of sp³-hybridized carbons (Fsp3) is 0.649. The predicted molar refractivity (Wildman–Crippen MR) is 208 cm³/mol. The number of carboxylic acid groups (broad SMARTS) is 1. The van der Waals surface area contributed by atoms with Crippen LogP contribution in [-0.4, -0.2) is 121 Å². The summed E-state index contributed by atoms with van der Waals surface area (Å²) in [6.07, 6.45) is 6.83. The van der Waals surface area contributed by atoms with E-state index in [4.69, 9.17) is 5.73 Å². The van der Waals surface area contributed by atoms with Crippen LogP contribution >= 0.6 is 0 Å². The number of unbranched alkanes of at least 4 members (excludes halogenated alkanes) is 1. The second-order valence-electron chi connectivity index (χ2n) is 14.8. The smallest absolute Gasteiger partial charge is 0.326 e. The zero-order valence-corrected chi connectivity index (χ0v) is 33.4. The first-order valence-corrected chi connectivity index (χ1v) is 19.3. The number of carbonyl (C=O) groups excluding carboxylic acids is 6. The van der Waals surface area contributed by atoms with Gasteiger partial charge in [-0.3, -0.25) is 28.8 Å². The first kappa shape index (κ1) is 47.8. The molecule has 0 aliphatic carbocycles. The van der Waals surface area contributed by atoms with Crippen LogP contribution in [0.5, 0.6) is 0 Å². The van der Waals surface area contributed by atoms with E-state index >= 15 is 0 Å². The van der Waals surface area contributed by atoms with Gasteiger partial charge in [0.1, 0.15) is 24.2 Å². The lowest BCUT2D eigenvalue weighted by Gasteiger charge is -2.28. The van der Waals surface area contributed by atoms with E-state index in [1.807, 2.05) is 13.8 Å². The summed E-state index contributed by atoms with van der Waals surface area (Å²) in [6.45, 7) is 9.10. The topological polar surface area (TPSA) is 316 Å². The molecule has 6 unspecified atom stereocenters. The van der Waals surface area contributed by atoms with Crippen molar-refractivity contribution < 1.29 is 43.8 Å². The van der Waals surface area contributed by atoms with E-state index in [0.717, 1.165) is 5.69 Å². The average molecular weight is 804 g/mol. The minimum atomic E-state index is -1.58. The fourth-order valence-corrected chi connectivity index (χ4v) is 5.59. The Labute approximate surface area is 332 Å². The van der Waals surface area contributed by atoms with Gasteiger partial charge in [0.25, 0.3) is 0 Å². The number of aromatic amines is 2. The van der Waals surface area contributed by atoms with Crippen LogP contribution in [0.2, 0.25) is 0 Å². The SMILES string of the molecule is CC(C)CC(NC(=O)C(Cc1cnc[nH]1)NC(=O)C(N)C(C)C)C(=O)NC(C(=O)NC(CCCCNC(=O)CCCC(=O)NCCc1cnc[nH]1)C(=O)O)C(C)O. The van der Waals surface area contributed by atoms with Crippen molar-refractivity contribution in [2.45, 2.75) is 129 Å². The van der Waals surface area contributed by atoms with Gasteiger partial charge in [-0.15, -0.1) is 0 Å². The molecule has 6 atom stereocenters. The van der Waals surface area contributed by atoms with Crippen molar-refractivity contribution in [1.29, 1.82) is 0 Å². The number of nitrogens with zero attached hydrogens (tertiary/aromatic N) is 2.